The molecule has 2 aromatic rings. The van der Waals surface area contributed by atoms with Crippen LogP contribution in [0, 0.1) is 0 Å². The minimum atomic E-state index is 0.567. The first-order chi connectivity index (χ1) is 8.09. The molecule has 88 valence electrons. The van der Waals surface area contributed by atoms with E-state index in [-0.39, 0.29) is 0 Å². The molecule has 0 heterocycles. The van der Waals surface area contributed by atoms with E-state index in [0.29, 0.717) is 21.4 Å². The van der Waals surface area contributed by atoms with Crippen LogP contribution in [0.5, 0.6) is 0 Å². The van der Waals surface area contributed by atoms with Crippen molar-refractivity contribution in [1.29, 1.82) is 0 Å². The molecule has 2 nitrogen and oxygen atoms in total. The highest BCUT2D eigenvalue weighted by Crippen LogP contribution is 2.36. The summed E-state index contributed by atoms with van der Waals surface area (Å²) in [5, 5.41) is 4.35. The Morgan fingerprint density at radius 1 is 1.00 bits per heavy atom. The van der Waals surface area contributed by atoms with Crippen LogP contribution in [0.15, 0.2) is 40.9 Å². The van der Waals surface area contributed by atoms with Crippen molar-refractivity contribution in [1.82, 2.24) is 0 Å². The smallest absolute Gasteiger partial charge is 0.0807 e. The number of hydrogen-bond acceptors (Lipinski definition) is 2. The first-order valence-electron chi connectivity index (χ1n) is 4.84. The first kappa shape index (κ1) is 12.6. The van der Waals surface area contributed by atoms with Crippen LogP contribution in [0.1, 0.15) is 0 Å². The normalized spacial score (nSPS) is 10.3. The summed E-state index contributed by atoms with van der Waals surface area (Å²) in [4.78, 5) is 0. The predicted octanol–water partition coefficient (Wildman–Crippen LogP) is 5.08. The Hall–Kier alpha value is -0.900. The van der Waals surface area contributed by atoms with Crippen molar-refractivity contribution in [3.8, 4) is 0 Å². The standard InChI is InChI=1S/C12H9BrCl2N2/c13-11-7(14)3-2-6-10(11)17-12-8(15)4-1-5-9(12)16/h1-6,17H,16H2. The minimum absolute atomic E-state index is 0.567. The van der Waals surface area contributed by atoms with Crippen molar-refractivity contribution in [3.63, 3.8) is 0 Å². The van der Waals surface area contributed by atoms with E-state index in [0.717, 1.165) is 10.2 Å². The molecule has 0 aliphatic rings. The lowest BCUT2D eigenvalue weighted by molar-refractivity contribution is 1.52. The van der Waals surface area contributed by atoms with Gasteiger partial charge in [-0.2, -0.15) is 0 Å². The molecule has 0 aliphatic carbocycles. The summed E-state index contributed by atoms with van der Waals surface area (Å²) in [5.41, 5.74) is 7.94. The quantitative estimate of drug-likeness (QED) is 0.753. The van der Waals surface area contributed by atoms with Gasteiger partial charge in [-0.15, -0.1) is 0 Å². The molecule has 2 aromatic carbocycles. The monoisotopic (exact) mass is 330 g/mol. The summed E-state index contributed by atoms with van der Waals surface area (Å²) < 4.78 is 0.779. The van der Waals surface area contributed by atoms with Crippen LogP contribution >= 0.6 is 39.1 Å². The molecule has 0 bridgehead atoms. The van der Waals surface area contributed by atoms with E-state index in [1.807, 2.05) is 12.1 Å². The van der Waals surface area contributed by atoms with E-state index >= 15 is 0 Å². The molecule has 0 atom stereocenters. The second kappa shape index (κ2) is 5.17. The number of rotatable bonds is 2. The Kier molecular flexibility index (Phi) is 3.82. The molecule has 0 radical (unpaired) electrons. The van der Waals surface area contributed by atoms with Crippen molar-refractivity contribution < 1.29 is 0 Å². The molecular weight excluding hydrogens is 323 g/mol. The van der Waals surface area contributed by atoms with Crippen LogP contribution < -0.4 is 11.1 Å². The van der Waals surface area contributed by atoms with E-state index in [1.165, 1.54) is 0 Å². The fourth-order valence-corrected chi connectivity index (χ4v) is 2.17. The zero-order valence-corrected chi connectivity index (χ0v) is 11.8. The number of hydrogen-bond donors (Lipinski definition) is 2. The van der Waals surface area contributed by atoms with Gasteiger partial charge < -0.3 is 11.1 Å². The molecule has 0 saturated heterocycles. The maximum atomic E-state index is 6.08. The third-order valence-electron chi connectivity index (χ3n) is 2.26. The van der Waals surface area contributed by atoms with Gasteiger partial charge in [-0.3, -0.25) is 0 Å². The molecule has 2 rings (SSSR count). The highest BCUT2D eigenvalue weighted by molar-refractivity contribution is 9.10. The van der Waals surface area contributed by atoms with E-state index in [4.69, 9.17) is 28.9 Å². The SMILES string of the molecule is Nc1cccc(Cl)c1Nc1cccc(Cl)c1Br. The van der Waals surface area contributed by atoms with Gasteiger partial charge >= 0.3 is 0 Å². The van der Waals surface area contributed by atoms with Crippen LogP contribution in [-0.2, 0) is 0 Å². The molecule has 3 N–H and O–H groups in total. The maximum Gasteiger partial charge on any atom is 0.0807 e. The summed E-state index contributed by atoms with van der Waals surface area (Å²) in [7, 11) is 0. The Bertz CT molecular complexity index is 538. The largest absolute Gasteiger partial charge is 0.397 e. The number of nitrogens with one attached hydrogen (secondary N) is 1. The fraction of sp³-hybridized carbons (Fsp3) is 0. The summed E-state index contributed by atoms with van der Waals surface area (Å²) in [6, 6.07) is 10.9. The average molecular weight is 332 g/mol. The van der Waals surface area contributed by atoms with Crippen LogP contribution in [0.25, 0.3) is 0 Å². The number of nitrogens with two attached hydrogens (primary N) is 1. The van der Waals surface area contributed by atoms with Gasteiger partial charge in [0.1, 0.15) is 0 Å². The number of halogens is 3. The maximum absolute atomic E-state index is 6.08. The van der Waals surface area contributed by atoms with Crippen molar-refractivity contribution in [2.75, 3.05) is 11.1 Å². The van der Waals surface area contributed by atoms with Gasteiger partial charge in [0, 0.05) is 0 Å². The zero-order chi connectivity index (χ0) is 12.4. The topological polar surface area (TPSA) is 38.0 Å². The average Bonchev–Trinajstić information content (AvgIpc) is 2.29. The lowest BCUT2D eigenvalue weighted by Crippen LogP contribution is -1.97. The Morgan fingerprint density at radius 3 is 2.35 bits per heavy atom. The van der Waals surface area contributed by atoms with E-state index in [9.17, 15) is 0 Å². The van der Waals surface area contributed by atoms with Gasteiger partial charge in [0.25, 0.3) is 0 Å². The van der Waals surface area contributed by atoms with Crippen molar-refractivity contribution in [2.24, 2.45) is 0 Å². The Labute approximate surface area is 118 Å². The van der Waals surface area contributed by atoms with Gasteiger partial charge in [0.05, 0.1) is 31.6 Å². The lowest BCUT2D eigenvalue weighted by Gasteiger charge is -2.13. The molecule has 0 spiro atoms. The van der Waals surface area contributed by atoms with E-state index in [2.05, 4.69) is 21.2 Å². The van der Waals surface area contributed by atoms with Gasteiger partial charge in [-0.25, -0.2) is 0 Å². The molecule has 0 saturated carbocycles. The molecular formula is C12H9BrCl2N2. The zero-order valence-electron chi connectivity index (χ0n) is 8.68. The molecule has 17 heavy (non-hydrogen) atoms. The molecule has 0 amide bonds. The predicted molar refractivity (Wildman–Crippen MR) is 78.3 cm³/mol. The molecule has 0 unspecified atom stereocenters. The Balaban J connectivity index is 2.42. The van der Waals surface area contributed by atoms with Crippen LogP contribution in [0.2, 0.25) is 10.0 Å². The lowest BCUT2D eigenvalue weighted by atomic mass is 10.2. The number of benzene rings is 2. The van der Waals surface area contributed by atoms with Gasteiger partial charge in [-0.1, -0.05) is 35.3 Å². The Morgan fingerprint density at radius 2 is 1.65 bits per heavy atom. The molecule has 0 aromatic heterocycles. The number of anilines is 3. The van der Waals surface area contributed by atoms with Crippen molar-refractivity contribution >= 4 is 56.2 Å². The summed E-state index contributed by atoms with van der Waals surface area (Å²) in [5.74, 6) is 0. The summed E-state index contributed by atoms with van der Waals surface area (Å²) in [6.45, 7) is 0. The van der Waals surface area contributed by atoms with Crippen LogP contribution in [0.3, 0.4) is 0 Å². The number of nitrogen functional groups attached to an aromatic ring is 1. The number of para-hydroxylation sites is 1. The fourth-order valence-electron chi connectivity index (χ4n) is 1.41. The van der Waals surface area contributed by atoms with Crippen molar-refractivity contribution in [2.45, 2.75) is 0 Å². The minimum Gasteiger partial charge on any atom is -0.397 e. The van der Waals surface area contributed by atoms with Gasteiger partial charge in [0.2, 0.25) is 0 Å². The van der Waals surface area contributed by atoms with E-state index < -0.39 is 0 Å². The van der Waals surface area contributed by atoms with Crippen LogP contribution in [-0.4, -0.2) is 0 Å². The van der Waals surface area contributed by atoms with Gasteiger partial charge in [-0.05, 0) is 40.2 Å². The molecule has 0 fully saturated rings. The summed E-state index contributed by atoms with van der Waals surface area (Å²) >= 11 is 15.5. The highest BCUT2D eigenvalue weighted by Gasteiger charge is 2.08. The summed E-state index contributed by atoms with van der Waals surface area (Å²) in [6.07, 6.45) is 0. The van der Waals surface area contributed by atoms with Gasteiger partial charge in [0.15, 0.2) is 0 Å². The second-order valence-corrected chi connectivity index (χ2v) is 5.04. The van der Waals surface area contributed by atoms with Crippen molar-refractivity contribution in [3.05, 3.63) is 50.9 Å². The highest BCUT2D eigenvalue weighted by atomic mass is 79.9. The third kappa shape index (κ3) is 2.68. The molecule has 5 heteroatoms. The third-order valence-corrected chi connectivity index (χ3v) is 3.97. The second-order valence-electron chi connectivity index (χ2n) is 3.43. The first-order valence-corrected chi connectivity index (χ1v) is 6.39. The molecule has 0 aliphatic heterocycles. The van der Waals surface area contributed by atoms with Crippen LogP contribution in [0.4, 0.5) is 17.1 Å². The van der Waals surface area contributed by atoms with E-state index in [1.54, 1.807) is 24.3 Å².